The predicted octanol–water partition coefficient (Wildman–Crippen LogP) is 4.71. The molecule has 0 saturated carbocycles. The first-order valence-electron chi connectivity index (χ1n) is 9.45. The van der Waals surface area contributed by atoms with Crippen LogP contribution in [0.1, 0.15) is 46.0 Å². The zero-order valence-electron chi connectivity index (χ0n) is 17.4. The summed E-state index contributed by atoms with van der Waals surface area (Å²) in [6, 6.07) is 7.42. The average molecular weight is 447 g/mol. The SMILES string of the molecule is CCn1c(S[C@@H](C)C(=O)c2[nH]c(C)c(C(=O)OC)c2C)nnc1-c1cccc(Cl)c1. The van der Waals surface area contributed by atoms with Crippen LogP contribution in [0.5, 0.6) is 0 Å². The van der Waals surface area contributed by atoms with Crippen LogP contribution in [0.15, 0.2) is 29.4 Å². The third kappa shape index (κ3) is 4.15. The molecule has 0 aliphatic heterocycles. The van der Waals surface area contributed by atoms with Crippen LogP contribution in [0.2, 0.25) is 5.02 Å². The molecule has 7 nitrogen and oxygen atoms in total. The lowest BCUT2D eigenvalue weighted by Crippen LogP contribution is -2.16. The summed E-state index contributed by atoms with van der Waals surface area (Å²) in [6.45, 7) is 7.94. The first-order valence-corrected chi connectivity index (χ1v) is 10.7. The molecule has 0 fully saturated rings. The van der Waals surface area contributed by atoms with Crippen molar-refractivity contribution in [3.05, 3.63) is 51.8 Å². The minimum absolute atomic E-state index is 0.120. The number of halogens is 1. The van der Waals surface area contributed by atoms with Gasteiger partial charge in [-0.25, -0.2) is 4.79 Å². The highest BCUT2D eigenvalue weighted by Gasteiger charge is 2.27. The standard InChI is InChI=1S/C21H23ClN4O3S/c1-6-26-19(14-8-7-9-15(22)10-14)24-25-21(26)30-13(4)18(27)17-11(2)16(12(3)23-17)20(28)29-5/h7-10,13,23H,6H2,1-5H3/t13-/m0/s1. The van der Waals surface area contributed by atoms with Gasteiger partial charge < -0.3 is 14.3 Å². The molecule has 3 rings (SSSR count). The highest BCUT2D eigenvalue weighted by molar-refractivity contribution is 8.00. The normalized spacial score (nSPS) is 12.1. The van der Waals surface area contributed by atoms with Crippen molar-refractivity contribution < 1.29 is 14.3 Å². The largest absolute Gasteiger partial charge is 0.465 e. The molecule has 0 saturated heterocycles. The number of thioether (sulfide) groups is 1. The van der Waals surface area contributed by atoms with Crippen molar-refractivity contribution in [2.45, 2.75) is 44.6 Å². The highest BCUT2D eigenvalue weighted by Crippen LogP contribution is 2.30. The number of carbonyl (C=O) groups excluding carboxylic acids is 2. The van der Waals surface area contributed by atoms with Crippen LogP contribution in [0.4, 0.5) is 0 Å². The van der Waals surface area contributed by atoms with Crippen LogP contribution < -0.4 is 0 Å². The summed E-state index contributed by atoms with van der Waals surface area (Å²) in [5.74, 6) is 0.116. The van der Waals surface area contributed by atoms with Gasteiger partial charge in [-0.1, -0.05) is 35.5 Å². The molecule has 2 aromatic heterocycles. The smallest absolute Gasteiger partial charge is 0.339 e. The lowest BCUT2D eigenvalue weighted by atomic mass is 10.1. The monoisotopic (exact) mass is 446 g/mol. The molecule has 1 N–H and O–H groups in total. The van der Waals surface area contributed by atoms with E-state index >= 15 is 0 Å². The number of rotatable bonds is 7. The maximum absolute atomic E-state index is 13.1. The third-order valence-electron chi connectivity index (χ3n) is 4.84. The van der Waals surface area contributed by atoms with Crippen LogP contribution in [0.3, 0.4) is 0 Å². The van der Waals surface area contributed by atoms with Gasteiger partial charge in [0, 0.05) is 22.8 Å². The van der Waals surface area contributed by atoms with E-state index in [2.05, 4.69) is 15.2 Å². The lowest BCUT2D eigenvalue weighted by molar-refractivity contribution is 0.0599. The number of esters is 1. The molecule has 0 bridgehead atoms. The topological polar surface area (TPSA) is 89.9 Å². The fraction of sp³-hybridized carbons (Fsp3) is 0.333. The molecule has 0 aliphatic rings. The van der Waals surface area contributed by atoms with E-state index in [1.54, 1.807) is 19.9 Å². The van der Waals surface area contributed by atoms with Gasteiger partial charge in [0.15, 0.2) is 16.8 Å². The fourth-order valence-electron chi connectivity index (χ4n) is 3.32. The summed E-state index contributed by atoms with van der Waals surface area (Å²) in [5.41, 5.74) is 2.87. The Balaban J connectivity index is 1.87. The summed E-state index contributed by atoms with van der Waals surface area (Å²) < 4.78 is 6.78. The van der Waals surface area contributed by atoms with Crippen LogP contribution >= 0.6 is 23.4 Å². The number of hydrogen-bond donors (Lipinski definition) is 1. The number of methoxy groups -OCH3 is 1. The second-order valence-corrected chi connectivity index (χ2v) is 8.55. The lowest BCUT2D eigenvalue weighted by Gasteiger charge is -2.12. The Morgan fingerprint density at radius 3 is 2.67 bits per heavy atom. The minimum atomic E-state index is -0.461. The van der Waals surface area contributed by atoms with E-state index in [4.69, 9.17) is 16.3 Å². The Labute approximate surface area is 184 Å². The number of nitrogens with zero attached hydrogens (tertiary/aromatic N) is 3. The van der Waals surface area contributed by atoms with Gasteiger partial charge in [0.05, 0.1) is 23.6 Å². The first kappa shape index (κ1) is 22.1. The zero-order valence-corrected chi connectivity index (χ0v) is 19.0. The van der Waals surface area contributed by atoms with E-state index in [9.17, 15) is 9.59 Å². The summed E-state index contributed by atoms with van der Waals surface area (Å²) >= 11 is 7.44. The number of hydrogen-bond acceptors (Lipinski definition) is 6. The van der Waals surface area contributed by atoms with Crippen LogP contribution in [-0.2, 0) is 11.3 Å². The molecular weight excluding hydrogens is 424 g/mol. The summed E-state index contributed by atoms with van der Waals surface area (Å²) in [7, 11) is 1.32. The van der Waals surface area contributed by atoms with Gasteiger partial charge in [-0.05, 0) is 45.4 Å². The van der Waals surface area contributed by atoms with Gasteiger partial charge in [-0.2, -0.15) is 0 Å². The van der Waals surface area contributed by atoms with Gasteiger partial charge >= 0.3 is 5.97 Å². The number of benzene rings is 1. The van der Waals surface area contributed by atoms with E-state index < -0.39 is 11.2 Å². The van der Waals surface area contributed by atoms with Crippen molar-refractivity contribution >= 4 is 35.1 Å². The van der Waals surface area contributed by atoms with E-state index in [1.807, 2.05) is 36.6 Å². The van der Waals surface area contributed by atoms with Crippen molar-refractivity contribution in [1.29, 1.82) is 0 Å². The molecule has 0 unspecified atom stereocenters. The Kier molecular flexibility index (Phi) is 6.67. The third-order valence-corrected chi connectivity index (χ3v) is 6.16. The number of nitrogens with one attached hydrogen (secondary N) is 1. The quantitative estimate of drug-likeness (QED) is 0.321. The molecule has 3 aromatic rings. The number of carbonyl (C=O) groups is 2. The van der Waals surface area contributed by atoms with Gasteiger partial charge in [0.25, 0.3) is 0 Å². The summed E-state index contributed by atoms with van der Waals surface area (Å²) in [4.78, 5) is 28.1. The maximum Gasteiger partial charge on any atom is 0.339 e. The number of aryl methyl sites for hydroxylation is 1. The van der Waals surface area contributed by atoms with Crippen molar-refractivity contribution in [1.82, 2.24) is 19.7 Å². The first-order chi connectivity index (χ1) is 14.3. The molecular formula is C21H23ClN4O3S. The zero-order chi connectivity index (χ0) is 22.0. The Bertz CT molecular complexity index is 1110. The van der Waals surface area contributed by atoms with E-state index in [0.29, 0.717) is 45.1 Å². The number of H-pyrrole nitrogens is 1. The summed E-state index contributed by atoms with van der Waals surface area (Å²) in [5, 5.41) is 9.42. The van der Waals surface area contributed by atoms with Gasteiger partial charge in [0.1, 0.15) is 0 Å². The van der Waals surface area contributed by atoms with Crippen LogP contribution in [0, 0.1) is 13.8 Å². The Morgan fingerprint density at radius 1 is 1.30 bits per heavy atom. The molecule has 1 atom stereocenters. The van der Waals surface area contributed by atoms with E-state index in [0.717, 1.165) is 5.56 Å². The molecule has 0 amide bonds. The van der Waals surface area contributed by atoms with E-state index in [-0.39, 0.29) is 5.78 Å². The van der Waals surface area contributed by atoms with Gasteiger partial charge in [-0.3, -0.25) is 4.79 Å². The number of Topliss-reactive ketones (excluding diaryl/α,β-unsaturated/α-hetero) is 1. The van der Waals surface area contributed by atoms with Crippen molar-refractivity contribution in [3.63, 3.8) is 0 Å². The fourth-order valence-corrected chi connectivity index (χ4v) is 4.48. The Morgan fingerprint density at radius 2 is 2.03 bits per heavy atom. The van der Waals surface area contributed by atoms with Crippen molar-refractivity contribution in [2.75, 3.05) is 7.11 Å². The summed E-state index contributed by atoms with van der Waals surface area (Å²) in [6.07, 6.45) is 0. The molecule has 0 radical (unpaired) electrons. The van der Waals surface area contributed by atoms with Crippen molar-refractivity contribution in [3.8, 4) is 11.4 Å². The minimum Gasteiger partial charge on any atom is -0.465 e. The van der Waals surface area contributed by atoms with Crippen LogP contribution in [0.25, 0.3) is 11.4 Å². The number of aromatic nitrogens is 4. The molecule has 0 spiro atoms. The van der Waals surface area contributed by atoms with Crippen LogP contribution in [-0.4, -0.2) is 43.9 Å². The van der Waals surface area contributed by atoms with Gasteiger partial charge in [0.2, 0.25) is 0 Å². The second-order valence-electron chi connectivity index (χ2n) is 6.80. The van der Waals surface area contributed by atoms with Gasteiger partial charge in [-0.15, -0.1) is 10.2 Å². The molecule has 0 aliphatic carbocycles. The highest BCUT2D eigenvalue weighted by atomic mass is 35.5. The molecule has 30 heavy (non-hydrogen) atoms. The number of ether oxygens (including phenoxy) is 1. The predicted molar refractivity (Wildman–Crippen MR) is 117 cm³/mol. The molecule has 1 aromatic carbocycles. The van der Waals surface area contributed by atoms with Crippen molar-refractivity contribution in [2.24, 2.45) is 0 Å². The number of aromatic amines is 1. The Hall–Kier alpha value is -2.58. The molecule has 158 valence electrons. The van der Waals surface area contributed by atoms with E-state index in [1.165, 1.54) is 18.9 Å². The molecule has 2 heterocycles. The average Bonchev–Trinajstić information content (AvgIpc) is 3.26. The second kappa shape index (κ2) is 9.06. The number of ketones is 1. The molecule has 9 heteroatoms. The maximum atomic E-state index is 13.1.